The molecule has 0 saturated carbocycles. The highest BCUT2D eigenvalue weighted by molar-refractivity contribution is 5.92. The summed E-state index contributed by atoms with van der Waals surface area (Å²) in [6.45, 7) is 4.81. The predicted molar refractivity (Wildman–Crippen MR) is 114 cm³/mol. The Morgan fingerprint density at radius 1 is 1.03 bits per heavy atom. The molecule has 1 fully saturated rings. The summed E-state index contributed by atoms with van der Waals surface area (Å²) in [5.74, 6) is 3.78. The number of nitrogens with zero attached hydrogens (tertiary/aromatic N) is 6. The number of aromatic nitrogens is 4. The number of imidazole rings is 1. The van der Waals surface area contributed by atoms with Crippen LogP contribution in [0.2, 0.25) is 0 Å². The van der Waals surface area contributed by atoms with E-state index in [1.807, 2.05) is 52.9 Å². The molecule has 5 rings (SSSR count). The maximum atomic E-state index is 12.6. The van der Waals surface area contributed by atoms with Gasteiger partial charge in [-0.15, -0.1) is 0 Å². The van der Waals surface area contributed by atoms with Crippen molar-refractivity contribution in [1.29, 1.82) is 0 Å². The maximum absolute atomic E-state index is 12.6. The van der Waals surface area contributed by atoms with Gasteiger partial charge < -0.3 is 19.3 Å². The SMILES string of the molecule is Cc1nc(N2CCN(C(=O)/C=C/c3ccc4c(c3)OCO4)CC2)cc(-n2ccnc2)n1. The first-order valence-electron chi connectivity index (χ1n) is 10.1. The van der Waals surface area contributed by atoms with E-state index in [1.54, 1.807) is 18.6 Å². The number of carbonyl (C=O) groups excluding carboxylic acids is 1. The van der Waals surface area contributed by atoms with Gasteiger partial charge in [0.2, 0.25) is 12.7 Å². The van der Waals surface area contributed by atoms with E-state index in [4.69, 9.17) is 9.47 Å². The van der Waals surface area contributed by atoms with Crippen LogP contribution >= 0.6 is 0 Å². The minimum Gasteiger partial charge on any atom is -0.454 e. The molecular weight excluding hydrogens is 396 g/mol. The van der Waals surface area contributed by atoms with Gasteiger partial charge in [0.1, 0.15) is 23.8 Å². The molecule has 4 heterocycles. The second kappa shape index (κ2) is 8.10. The fraction of sp³-hybridized carbons (Fsp3) is 0.273. The molecule has 0 unspecified atom stereocenters. The third-order valence-corrected chi connectivity index (χ3v) is 5.31. The number of rotatable bonds is 4. The normalized spacial score (nSPS) is 15.6. The van der Waals surface area contributed by atoms with Crippen molar-refractivity contribution in [3.05, 3.63) is 60.5 Å². The Balaban J connectivity index is 1.22. The van der Waals surface area contributed by atoms with Crippen LogP contribution in [-0.4, -0.2) is 63.3 Å². The number of fused-ring (bicyclic) bond motifs is 1. The molecule has 9 nitrogen and oxygen atoms in total. The molecule has 9 heteroatoms. The minimum atomic E-state index is -0.00436. The lowest BCUT2D eigenvalue weighted by atomic mass is 10.2. The standard InChI is InChI=1S/C22H22N6O3/c1-16-24-20(13-21(25-16)28-7-6-23-14-28)26-8-10-27(11-9-26)22(29)5-3-17-2-4-18-19(12-17)31-15-30-18/h2-7,12-14H,8-11,15H2,1H3/b5-3+. The lowest BCUT2D eigenvalue weighted by Gasteiger charge is -2.35. The maximum Gasteiger partial charge on any atom is 0.246 e. The lowest BCUT2D eigenvalue weighted by Crippen LogP contribution is -2.48. The highest BCUT2D eigenvalue weighted by Crippen LogP contribution is 2.32. The second-order valence-corrected chi connectivity index (χ2v) is 7.36. The molecule has 158 valence electrons. The van der Waals surface area contributed by atoms with Crippen LogP contribution in [0.25, 0.3) is 11.9 Å². The molecule has 1 saturated heterocycles. The van der Waals surface area contributed by atoms with Crippen LogP contribution in [0.1, 0.15) is 11.4 Å². The Morgan fingerprint density at radius 2 is 1.84 bits per heavy atom. The zero-order valence-electron chi connectivity index (χ0n) is 17.1. The van der Waals surface area contributed by atoms with Gasteiger partial charge in [-0.05, 0) is 30.7 Å². The molecule has 2 aromatic heterocycles. The van der Waals surface area contributed by atoms with Crippen LogP contribution in [0.15, 0.2) is 49.1 Å². The van der Waals surface area contributed by atoms with Gasteiger partial charge in [-0.3, -0.25) is 9.36 Å². The predicted octanol–water partition coefficient (Wildman–Crippen LogP) is 2.06. The summed E-state index contributed by atoms with van der Waals surface area (Å²) < 4.78 is 12.6. The quantitative estimate of drug-likeness (QED) is 0.600. The van der Waals surface area contributed by atoms with E-state index in [0.717, 1.165) is 22.9 Å². The summed E-state index contributed by atoms with van der Waals surface area (Å²) in [5, 5.41) is 0. The molecule has 0 radical (unpaired) electrons. The minimum absolute atomic E-state index is 0.00436. The van der Waals surface area contributed by atoms with Gasteiger partial charge in [-0.2, -0.15) is 0 Å². The van der Waals surface area contributed by atoms with E-state index >= 15 is 0 Å². The van der Waals surface area contributed by atoms with Crippen molar-refractivity contribution in [2.45, 2.75) is 6.92 Å². The number of hydrogen-bond donors (Lipinski definition) is 0. The highest BCUT2D eigenvalue weighted by atomic mass is 16.7. The first-order valence-corrected chi connectivity index (χ1v) is 10.1. The number of aryl methyl sites for hydroxylation is 1. The van der Waals surface area contributed by atoms with Gasteiger partial charge in [0.05, 0.1) is 0 Å². The summed E-state index contributed by atoms with van der Waals surface area (Å²) in [6, 6.07) is 7.59. The summed E-state index contributed by atoms with van der Waals surface area (Å²) in [6.07, 6.45) is 8.71. The van der Waals surface area contributed by atoms with Crippen LogP contribution < -0.4 is 14.4 Å². The third-order valence-electron chi connectivity index (χ3n) is 5.31. The number of piperazine rings is 1. The average molecular weight is 418 g/mol. The molecule has 31 heavy (non-hydrogen) atoms. The largest absolute Gasteiger partial charge is 0.454 e. The van der Waals surface area contributed by atoms with E-state index in [9.17, 15) is 4.79 Å². The van der Waals surface area contributed by atoms with E-state index in [0.29, 0.717) is 37.8 Å². The number of anilines is 1. The zero-order valence-corrected chi connectivity index (χ0v) is 17.1. The van der Waals surface area contributed by atoms with Crippen LogP contribution in [0, 0.1) is 6.92 Å². The molecule has 0 bridgehead atoms. The number of carbonyl (C=O) groups is 1. The summed E-state index contributed by atoms with van der Waals surface area (Å²) >= 11 is 0. The van der Waals surface area contributed by atoms with Crippen LogP contribution in [0.4, 0.5) is 5.82 Å². The number of benzene rings is 1. The molecule has 1 amide bonds. The lowest BCUT2D eigenvalue weighted by molar-refractivity contribution is -0.126. The number of ether oxygens (including phenoxy) is 2. The fourth-order valence-corrected chi connectivity index (χ4v) is 3.67. The van der Waals surface area contributed by atoms with Crippen molar-refractivity contribution in [3.63, 3.8) is 0 Å². The Bertz CT molecular complexity index is 1120. The molecular formula is C22H22N6O3. The molecule has 2 aliphatic rings. The Labute approximate surface area is 179 Å². The van der Waals surface area contributed by atoms with E-state index in [2.05, 4.69) is 19.9 Å². The Hall–Kier alpha value is -3.88. The number of amides is 1. The van der Waals surface area contributed by atoms with Crippen molar-refractivity contribution in [1.82, 2.24) is 24.4 Å². The molecule has 0 N–H and O–H groups in total. The van der Waals surface area contributed by atoms with Gasteiger partial charge in [-0.25, -0.2) is 15.0 Å². The van der Waals surface area contributed by atoms with Crippen molar-refractivity contribution in [2.75, 3.05) is 37.9 Å². The molecule has 1 aromatic carbocycles. The zero-order chi connectivity index (χ0) is 21.2. The first-order chi connectivity index (χ1) is 15.2. The van der Waals surface area contributed by atoms with Crippen LogP contribution in [-0.2, 0) is 4.79 Å². The van der Waals surface area contributed by atoms with Crippen LogP contribution in [0.5, 0.6) is 11.5 Å². The fourth-order valence-electron chi connectivity index (χ4n) is 3.67. The Kier molecular flexibility index (Phi) is 4.99. The van der Waals surface area contributed by atoms with Gasteiger partial charge in [0, 0.05) is 50.7 Å². The summed E-state index contributed by atoms with van der Waals surface area (Å²) in [5.41, 5.74) is 0.903. The van der Waals surface area contributed by atoms with Crippen molar-refractivity contribution >= 4 is 17.8 Å². The third kappa shape index (κ3) is 4.07. The van der Waals surface area contributed by atoms with Crippen molar-refractivity contribution in [2.24, 2.45) is 0 Å². The molecule has 0 atom stereocenters. The van der Waals surface area contributed by atoms with E-state index < -0.39 is 0 Å². The molecule has 0 aliphatic carbocycles. The highest BCUT2D eigenvalue weighted by Gasteiger charge is 2.21. The van der Waals surface area contributed by atoms with Crippen molar-refractivity contribution in [3.8, 4) is 17.3 Å². The van der Waals surface area contributed by atoms with Crippen molar-refractivity contribution < 1.29 is 14.3 Å². The average Bonchev–Trinajstić information content (AvgIpc) is 3.49. The Morgan fingerprint density at radius 3 is 2.65 bits per heavy atom. The monoisotopic (exact) mass is 418 g/mol. The topological polar surface area (TPSA) is 85.6 Å². The van der Waals surface area contributed by atoms with Gasteiger partial charge in [0.25, 0.3) is 0 Å². The first kappa shape index (κ1) is 19.1. The van der Waals surface area contributed by atoms with Gasteiger partial charge in [-0.1, -0.05) is 6.07 Å². The summed E-state index contributed by atoms with van der Waals surface area (Å²) in [7, 11) is 0. The van der Waals surface area contributed by atoms with E-state index in [-0.39, 0.29) is 12.7 Å². The second-order valence-electron chi connectivity index (χ2n) is 7.36. The van der Waals surface area contributed by atoms with Crippen LogP contribution in [0.3, 0.4) is 0 Å². The molecule has 2 aliphatic heterocycles. The molecule has 0 spiro atoms. The van der Waals surface area contributed by atoms with E-state index in [1.165, 1.54) is 0 Å². The van der Waals surface area contributed by atoms with Gasteiger partial charge >= 0.3 is 0 Å². The number of hydrogen-bond acceptors (Lipinski definition) is 7. The smallest absolute Gasteiger partial charge is 0.246 e. The molecule has 3 aromatic rings. The summed E-state index contributed by atoms with van der Waals surface area (Å²) in [4.78, 5) is 29.8. The van der Waals surface area contributed by atoms with Gasteiger partial charge in [0.15, 0.2) is 11.5 Å².